The van der Waals surface area contributed by atoms with Gasteiger partial charge in [0.15, 0.2) is 11.5 Å². The molecule has 0 aliphatic carbocycles. The molecule has 6 nitrogen and oxygen atoms in total. The number of terminal acetylenes is 1. The molecule has 2 rings (SSSR count). The summed E-state index contributed by atoms with van der Waals surface area (Å²) in [6.45, 7) is 4.40. The van der Waals surface area contributed by atoms with Gasteiger partial charge in [-0.1, -0.05) is 24.1 Å². The maximum absolute atomic E-state index is 12.0. The topological polar surface area (TPSA) is 72.0 Å². The summed E-state index contributed by atoms with van der Waals surface area (Å²) in [6, 6.07) is 10.5. The number of amides is 2. The van der Waals surface area contributed by atoms with Crippen LogP contribution in [0.1, 0.15) is 18.1 Å². The number of hydrazone groups is 1. The lowest BCUT2D eigenvalue weighted by Gasteiger charge is -2.12. The summed E-state index contributed by atoms with van der Waals surface area (Å²) in [5.41, 5.74) is 4.83. The van der Waals surface area contributed by atoms with Crippen molar-refractivity contribution in [1.29, 1.82) is 0 Å². The summed E-state index contributed by atoms with van der Waals surface area (Å²) in [7, 11) is 0. The molecule has 0 heterocycles. The molecule has 0 aromatic heterocycles. The highest BCUT2D eigenvalue weighted by Gasteiger charge is 2.10. The van der Waals surface area contributed by atoms with E-state index in [0.717, 1.165) is 15.7 Å². The Morgan fingerprint density at radius 2 is 2.04 bits per heavy atom. The normalized spacial score (nSPS) is 10.3. The van der Waals surface area contributed by atoms with Gasteiger partial charge < -0.3 is 14.8 Å². The number of aryl methyl sites for hydroxylation is 1. The van der Waals surface area contributed by atoms with Crippen LogP contribution >= 0.6 is 15.9 Å². The van der Waals surface area contributed by atoms with Crippen LogP contribution < -0.4 is 20.2 Å². The van der Waals surface area contributed by atoms with Crippen molar-refractivity contribution >= 4 is 33.9 Å². The van der Waals surface area contributed by atoms with Gasteiger partial charge in [-0.3, -0.25) is 0 Å². The first kappa shape index (κ1) is 20.3. The molecule has 2 amide bonds. The smallest absolute Gasteiger partial charge is 0.339 e. The van der Waals surface area contributed by atoms with Gasteiger partial charge in [0.05, 0.1) is 12.8 Å². The van der Waals surface area contributed by atoms with E-state index in [0.29, 0.717) is 23.7 Å². The van der Waals surface area contributed by atoms with Gasteiger partial charge in [0, 0.05) is 15.7 Å². The Kier molecular flexibility index (Phi) is 7.71. The number of hydrogen-bond donors (Lipinski definition) is 2. The zero-order valence-corrected chi connectivity index (χ0v) is 16.7. The standard InChI is InChI=1S/C20H20BrN3O3/c1-4-10-27-19-12-16(21)15(11-18(19)26-5-2)13-22-24-20(25)23-17-9-7-6-8-14(17)3/h1,6-9,11-13H,5,10H2,2-3H3,(H2,23,24,25). The Morgan fingerprint density at radius 1 is 1.30 bits per heavy atom. The second-order valence-corrected chi connectivity index (χ2v) is 6.24. The number of nitrogens with zero attached hydrogens (tertiary/aromatic N) is 1. The lowest BCUT2D eigenvalue weighted by atomic mass is 10.2. The maximum Gasteiger partial charge on any atom is 0.339 e. The third kappa shape index (κ3) is 6.04. The van der Waals surface area contributed by atoms with E-state index in [2.05, 4.69) is 37.7 Å². The van der Waals surface area contributed by atoms with Gasteiger partial charge in [0.2, 0.25) is 0 Å². The molecule has 2 aromatic carbocycles. The number of para-hydroxylation sites is 1. The lowest BCUT2D eigenvalue weighted by molar-refractivity contribution is 0.252. The van der Waals surface area contributed by atoms with Crippen LogP contribution in [0.25, 0.3) is 0 Å². The second-order valence-electron chi connectivity index (χ2n) is 5.39. The first-order valence-corrected chi connectivity index (χ1v) is 9.02. The quantitative estimate of drug-likeness (QED) is 0.390. The number of nitrogens with one attached hydrogen (secondary N) is 2. The Hall–Kier alpha value is -2.98. The Labute approximate surface area is 167 Å². The average Bonchev–Trinajstić information content (AvgIpc) is 2.65. The van der Waals surface area contributed by atoms with E-state index in [1.807, 2.05) is 38.1 Å². The van der Waals surface area contributed by atoms with Crippen LogP contribution in [-0.4, -0.2) is 25.5 Å². The van der Waals surface area contributed by atoms with E-state index in [1.54, 1.807) is 12.1 Å². The molecular weight excluding hydrogens is 410 g/mol. The van der Waals surface area contributed by atoms with Crippen molar-refractivity contribution in [1.82, 2.24) is 5.43 Å². The Balaban J connectivity index is 2.07. The molecule has 0 saturated heterocycles. The average molecular weight is 430 g/mol. The molecule has 27 heavy (non-hydrogen) atoms. The van der Waals surface area contributed by atoms with Crippen molar-refractivity contribution in [2.75, 3.05) is 18.5 Å². The monoisotopic (exact) mass is 429 g/mol. The zero-order chi connectivity index (χ0) is 19.6. The van der Waals surface area contributed by atoms with Gasteiger partial charge in [0.25, 0.3) is 0 Å². The van der Waals surface area contributed by atoms with Crippen LogP contribution in [0, 0.1) is 19.3 Å². The second kappa shape index (κ2) is 10.2. The lowest BCUT2D eigenvalue weighted by Crippen LogP contribution is -2.24. The number of rotatable bonds is 7. The van der Waals surface area contributed by atoms with E-state index in [1.165, 1.54) is 6.21 Å². The van der Waals surface area contributed by atoms with Crippen LogP contribution in [0.4, 0.5) is 10.5 Å². The SMILES string of the molecule is C#CCOc1cc(Br)c(C=NNC(=O)Nc2ccccc2C)cc1OCC. The first-order valence-electron chi connectivity index (χ1n) is 8.23. The van der Waals surface area contributed by atoms with E-state index >= 15 is 0 Å². The van der Waals surface area contributed by atoms with E-state index < -0.39 is 6.03 Å². The van der Waals surface area contributed by atoms with Gasteiger partial charge in [-0.15, -0.1) is 6.42 Å². The highest BCUT2D eigenvalue weighted by atomic mass is 79.9. The molecule has 0 aliphatic rings. The first-order chi connectivity index (χ1) is 13.0. The summed E-state index contributed by atoms with van der Waals surface area (Å²) in [6.07, 6.45) is 6.74. The minimum Gasteiger partial charge on any atom is -0.490 e. The van der Waals surface area contributed by atoms with E-state index in [9.17, 15) is 4.79 Å². The van der Waals surface area contributed by atoms with Crippen LogP contribution in [0.15, 0.2) is 46.0 Å². The summed E-state index contributed by atoms with van der Waals surface area (Å²) in [5, 5.41) is 6.71. The van der Waals surface area contributed by atoms with Crippen molar-refractivity contribution in [3.8, 4) is 23.8 Å². The molecule has 0 atom stereocenters. The molecule has 0 radical (unpaired) electrons. The molecular formula is C20H20BrN3O3. The molecule has 7 heteroatoms. The number of urea groups is 1. The summed E-state index contributed by atoms with van der Waals surface area (Å²) in [5.74, 6) is 3.49. The van der Waals surface area contributed by atoms with Gasteiger partial charge in [0.1, 0.15) is 6.61 Å². The number of benzene rings is 2. The number of ether oxygens (including phenoxy) is 2. The van der Waals surface area contributed by atoms with Gasteiger partial charge in [-0.2, -0.15) is 5.10 Å². The highest BCUT2D eigenvalue weighted by molar-refractivity contribution is 9.10. The highest BCUT2D eigenvalue weighted by Crippen LogP contribution is 2.33. The van der Waals surface area contributed by atoms with Crippen LogP contribution in [0.2, 0.25) is 0 Å². The van der Waals surface area contributed by atoms with Crippen LogP contribution in [-0.2, 0) is 0 Å². The summed E-state index contributed by atoms with van der Waals surface area (Å²) < 4.78 is 11.8. The summed E-state index contributed by atoms with van der Waals surface area (Å²) in [4.78, 5) is 12.0. The molecule has 0 aliphatic heterocycles. The third-order valence-electron chi connectivity index (χ3n) is 3.44. The number of carbonyl (C=O) groups is 1. The molecule has 0 spiro atoms. The van der Waals surface area contributed by atoms with E-state index in [4.69, 9.17) is 15.9 Å². The molecule has 0 unspecified atom stereocenters. The number of halogens is 1. The molecule has 0 bridgehead atoms. The number of hydrogen-bond acceptors (Lipinski definition) is 4. The van der Waals surface area contributed by atoms with E-state index in [-0.39, 0.29) is 6.61 Å². The van der Waals surface area contributed by atoms with Crippen molar-refractivity contribution in [3.63, 3.8) is 0 Å². The Morgan fingerprint density at radius 3 is 2.74 bits per heavy atom. The summed E-state index contributed by atoms with van der Waals surface area (Å²) >= 11 is 3.45. The fourth-order valence-electron chi connectivity index (χ4n) is 2.17. The van der Waals surface area contributed by atoms with Crippen molar-refractivity contribution in [3.05, 3.63) is 52.0 Å². The van der Waals surface area contributed by atoms with Crippen LogP contribution in [0.5, 0.6) is 11.5 Å². The zero-order valence-electron chi connectivity index (χ0n) is 15.1. The predicted octanol–water partition coefficient (Wildman–Crippen LogP) is 4.32. The minimum atomic E-state index is -0.435. The van der Waals surface area contributed by atoms with Gasteiger partial charge >= 0.3 is 6.03 Å². The maximum atomic E-state index is 12.0. The van der Waals surface area contributed by atoms with Crippen molar-refractivity contribution in [2.24, 2.45) is 5.10 Å². The van der Waals surface area contributed by atoms with Gasteiger partial charge in [-0.25, -0.2) is 10.2 Å². The molecule has 2 aromatic rings. The molecule has 2 N–H and O–H groups in total. The molecule has 140 valence electrons. The van der Waals surface area contributed by atoms with Gasteiger partial charge in [-0.05, 0) is 53.5 Å². The van der Waals surface area contributed by atoms with Crippen molar-refractivity contribution < 1.29 is 14.3 Å². The fourth-order valence-corrected chi connectivity index (χ4v) is 2.60. The predicted molar refractivity (Wildman–Crippen MR) is 111 cm³/mol. The fraction of sp³-hybridized carbons (Fsp3) is 0.200. The number of anilines is 1. The van der Waals surface area contributed by atoms with Crippen molar-refractivity contribution in [2.45, 2.75) is 13.8 Å². The molecule has 0 fully saturated rings. The molecule has 0 saturated carbocycles. The minimum absolute atomic E-state index is 0.139. The largest absolute Gasteiger partial charge is 0.490 e. The Bertz CT molecular complexity index is 875. The third-order valence-corrected chi connectivity index (χ3v) is 4.12. The number of carbonyl (C=O) groups excluding carboxylic acids is 1. The van der Waals surface area contributed by atoms with Crippen LogP contribution in [0.3, 0.4) is 0 Å².